The van der Waals surface area contributed by atoms with E-state index in [0.717, 1.165) is 9.88 Å². The molecule has 1 amide bonds. The van der Waals surface area contributed by atoms with Crippen LogP contribution in [0.4, 0.5) is 4.39 Å². The fourth-order valence-corrected chi connectivity index (χ4v) is 3.96. The summed E-state index contributed by atoms with van der Waals surface area (Å²) >= 11 is 3.03. The molecule has 1 unspecified atom stereocenters. The van der Waals surface area contributed by atoms with Crippen LogP contribution in [0.25, 0.3) is 9.88 Å². The summed E-state index contributed by atoms with van der Waals surface area (Å²) in [6, 6.07) is 3.89. The van der Waals surface area contributed by atoms with Crippen LogP contribution in [0.2, 0.25) is 0 Å². The van der Waals surface area contributed by atoms with Crippen molar-refractivity contribution in [2.75, 3.05) is 13.1 Å². The van der Waals surface area contributed by atoms with Crippen molar-refractivity contribution >= 4 is 34.6 Å². The van der Waals surface area contributed by atoms with E-state index in [-0.39, 0.29) is 31.8 Å². The maximum absolute atomic E-state index is 14.0. The van der Waals surface area contributed by atoms with Gasteiger partial charge < -0.3 is 10.0 Å². The van der Waals surface area contributed by atoms with E-state index in [1.54, 1.807) is 11.3 Å². The highest BCUT2D eigenvalue weighted by molar-refractivity contribution is 7.20. The second-order valence-electron chi connectivity index (χ2n) is 5.13. The van der Waals surface area contributed by atoms with Gasteiger partial charge >= 0.3 is 5.97 Å². The van der Waals surface area contributed by atoms with E-state index in [2.05, 4.69) is 4.98 Å². The summed E-state index contributed by atoms with van der Waals surface area (Å²) in [5.74, 6) is -1.79. The third kappa shape index (κ3) is 2.89. The summed E-state index contributed by atoms with van der Waals surface area (Å²) in [4.78, 5) is 29.7. The van der Waals surface area contributed by atoms with Gasteiger partial charge in [0.2, 0.25) is 11.6 Å². The summed E-state index contributed by atoms with van der Waals surface area (Å²) in [6.07, 6.45) is -0.0941. The number of carboxylic acid groups (broad SMARTS) is 1. The molecular formula is C14H13FN2O3S2. The molecule has 1 fully saturated rings. The summed E-state index contributed by atoms with van der Waals surface area (Å²) in [5.41, 5.74) is -1.69. The molecule has 3 rings (SSSR count). The highest BCUT2D eigenvalue weighted by atomic mass is 32.1. The second-order valence-corrected chi connectivity index (χ2v) is 6.94. The predicted octanol–water partition coefficient (Wildman–Crippen LogP) is 2.44. The first-order valence-electron chi connectivity index (χ1n) is 6.66. The van der Waals surface area contributed by atoms with E-state index in [1.165, 1.54) is 16.2 Å². The first-order chi connectivity index (χ1) is 10.5. The van der Waals surface area contributed by atoms with Gasteiger partial charge in [-0.15, -0.1) is 22.7 Å². The molecular weight excluding hydrogens is 327 g/mol. The number of carboxylic acids is 1. The van der Waals surface area contributed by atoms with E-state index in [1.807, 2.05) is 22.9 Å². The van der Waals surface area contributed by atoms with Crippen molar-refractivity contribution in [3.05, 3.63) is 28.6 Å². The van der Waals surface area contributed by atoms with Gasteiger partial charge in [-0.1, -0.05) is 6.07 Å². The van der Waals surface area contributed by atoms with Gasteiger partial charge in [0.1, 0.15) is 5.01 Å². The van der Waals surface area contributed by atoms with Crippen molar-refractivity contribution < 1.29 is 19.1 Å². The van der Waals surface area contributed by atoms with Crippen LogP contribution in [-0.4, -0.2) is 45.6 Å². The molecule has 0 spiro atoms. The van der Waals surface area contributed by atoms with Gasteiger partial charge in [0.15, 0.2) is 0 Å². The highest BCUT2D eigenvalue weighted by Gasteiger charge is 2.46. The van der Waals surface area contributed by atoms with Crippen LogP contribution in [0, 0.1) is 0 Å². The minimum Gasteiger partial charge on any atom is -0.479 e. The van der Waals surface area contributed by atoms with Gasteiger partial charge in [-0.2, -0.15) is 0 Å². The molecule has 0 aliphatic carbocycles. The van der Waals surface area contributed by atoms with Crippen molar-refractivity contribution in [3.63, 3.8) is 0 Å². The van der Waals surface area contributed by atoms with E-state index < -0.39 is 11.6 Å². The molecule has 3 heterocycles. The Morgan fingerprint density at radius 2 is 2.27 bits per heavy atom. The van der Waals surface area contributed by atoms with Gasteiger partial charge in [-0.3, -0.25) is 4.79 Å². The third-order valence-corrected chi connectivity index (χ3v) is 5.50. The minimum absolute atomic E-state index is 0.0670. The van der Waals surface area contributed by atoms with Crippen LogP contribution < -0.4 is 0 Å². The number of alkyl halides is 1. The number of aliphatic carboxylic acids is 1. The molecule has 1 N–H and O–H groups in total. The molecule has 22 heavy (non-hydrogen) atoms. The Morgan fingerprint density at radius 3 is 2.91 bits per heavy atom. The number of thiazole rings is 1. The Kier molecular flexibility index (Phi) is 3.96. The number of thiophene rings is 1. The zero-order valence-corrected chi connectivity index (χ0v) is 13.1. The molecule has 1 aliphatic heterocycles. The number of amides is 1. The number of halogens is 1. The maximum atomic E-state index is 14.0. The molecule has 2 aromatic heterocycles. The Labute approximate surface area is 134 Å². The number of carbonyl (C=O) groups is 2. The molecule has 0 radical (unpaired) electrons. The topological polar surface area (TPSA) is 70.5 Å². The lowest BCUT2D eigenvalue weighted by Gasteiger charge is -2.17. The van der Waals surface area contributed by atoms with E-state index in [0.29, 0.717) is 5.69 Å². The SMILES string of the molecule is O=C(Cc1csc(-c2cccs2)n1)N1CCC(F)(C(=O)O)C1. The van der Waals surface area contributed by atoms with Crippen LogP contribution in [-0.2, 0) is 16.0 Å². The second kappa shape index (κ2) is 5.77. The average molecular weight is 340 g/mol. The maximum Gasteiger partial charge on any atom is 0.343 e. The molecule has 1 saturated heterocycles. The fraction of sp³-hybridized carbons (Fsp3) is 0.357. The Bertz CT molecular complexity index is 701. The largest absolute Gasteiger partial charge is 0.479 e. The van der Waals surface area contributed by atoms with Crippen LogP contribution >= 0.6 is 22.7 Å². The average Bonchev–Trinajstić information content (AvgIpc) is 3.17. The lowest BCUT2D eigenvalue weighted by molar-refractivity contribution is -0.150. The molecule has 0 aromatic carbocycles. The van der Waals surface area contributed by atoms with Crippen LogP contribution in [0.15, 0.2) is 22.9 Å². The molecule has 116 valence electrons. The summed E-state index contributed by atoms with van der Waals surface area (Å²) in [5, 5.41) is 13.5. The summed E-state index contributed by atoms with van der Waals surface area (Å²) in [6.45, 7) is -0.257. The van der Waals surface area contributed by atoms with Gasteiger partial charge in [0, 0.05) is 18.3 Å². The number of aromatic nitrogens is 1. The molecule has 1 atom stereocenters. The van der Waals surface area contributed by atoms with Crippen LogP contribution in [0.3, 0.4) is 0 Å². The van der Waals surface area contributed by atoms with Gasteiger partial charge in [-0.25, -0.2) is 14.2 Å². The van der Waals surface area contributed by atoms with Crippen molar-refractivity contribution in [1.29, 1.82) is 0 Å². The smallest absolute Gasteiger partial charge is 0.343 e. The zero-order chi connectivity index (χ0) is 15.7. The van der Waals surface area contributed by atoms with E-state index >= 15 is 0 Å². The number of nitrogens with zero attached hydrogens (tertiary/aromatic N) is 2. The van der Waals surface area contributed by atoms with Crippen molar-refractivity contribution in [1.82, 2.24) is 9.88 Å². The number of likely N-dealkylation sites (tertiary alicyclic amines) is 1. The lowest BCUT2D eigenvalue weighted by atomic mass is 10.1. The summed E-state index contributed by atoms with van der Waals surface area (Å²) < 4.78 is 14.0. The van der Waals surface area contributed by atoms with Crippen molar-refractivity contribution in [3.8, 4) is 9.88 Å². The molecule has 5 nitrogen and oxygen atoms in total. The number of rotatable bonds is 4. The molecule has 2 aromatic rings. The quantitative estimate of drug-likeness (QED) is 0.928. The van der Waals surface area contributed by atoms with Gasteiger partial charge in [-0.05, 0) is 11.4 Å². The standard InChI is InChI=1S/C14H13FN2O3S2/c15-14(13(19)20)3-4-17(8-14)11(18)6-9-7-22-12(16-9)10-2-1-5-21-10/h1-2,5,7H,3-4,6,8H2,(H,19,20). The van der Waals surface area contributed by atoms with E-state index in [4.69, 9.17) is 5.11 Å². The number of carbonyl (C=O) groups excluding carboxylic acids is 1. The Morgan fingerprint density at radius 1 is 1.45 bits per heavy atom. The first kappa shape index (κ1) is 15.1. The molecule has 8 heteroatoms. The van der Waals surface area contributed by atoms with Crippen LogP contribution in [0.5, 0.6) is 0 Å². The normalized spacial score (nSPS) is 21.2. The predicted molar refractivity (Wildman–Crippen MR) is 81.8 cm³/mol. The number of hydrogen-bond acceptors (Lipinski definition) is 5. The lowest BCUT2D eigenvalue weighted by Crippen LogP contribution is -2.39. The third-order valence-electron chi connectivity index (χ3n) is 3.57. The van der Waals surface area contributed by atoms with Gasteiger partial charge in [0.25, 0.3) is 0 Å². The highest BCUT2D eigenvalue weighted by Crippen LogP contribution is 2.29. The minimum atomic E-state index is -2.32. The van der Waals surface area contributed by atoms with Crippen molar-refractivity contribution in [2.45, 2.75) is 18.5 Å². The first-order valence-corrected chi connectivity index (χ1v) is 8.42. The summed E-state index contributed by atoms with van der Waals surface area (Å²) in [7, 11) is 0. The van der Waals surface area contributed by atoms with E-state index in [9.17, 15) is 14.0 Å². The molecule has 1 aliphatic rings. The monoisotopic (exact) mass is 340 g/mol. The number of hydrogen-bond donors (Lipinski definition) is 1. The van der Waals surface area contributed by atoms with Crippen LogP contribution in [0.1, 0.15) is 12.1 Å². The Balaban J connectivity index is 1.65. The zero-order valence-electron chi connectivity index (χ0n) is 11.5. The molecule has 0 saturated carbocycles. The Hall–Kier alpha value is -1.80. The van der Waals surface area contributed by atoms with Crippen molar-refractivity contribution in [2.24, 2.45) is 0 Å². The molecule has 0 bridgehead atoms. The van der Waals surface area contributed by atoms with Gasteiger partial charge in [0.05, 0.1) is 23.5 Å². The fourth-order valence-electron chi connectivity index (χ4n) is 2.33.